The van der Waals surface area contributed by atoms with Gasteiger partial charge in [-0.15, -0.1) is 0 Å². The van der Waals surface area contributed by atoms with E-state index in [4.69, 9.17) is 5.73 Å². The first kappa shape index (κ1) is 17.0. The number of carbonyl (C=O) groups is 1. The van der Waals surface area contributed by atoms with Crippen molar-refractivity contribution in [2.75, 3.05) is 19.6 Å². The van der Waals surface area contributed by atoms with E-state index in [0.29, 0.717) is 0 Å². The molecule has 122 valence electrons. The summed E-state index contributed by atoms with van der Waals surface area (Å²) in [7, 11) is 0. The standard InChI is InChI=1S/C18H29N3O/c1-14(15(2)19)17(22)20-10-11-21(18(3,4)13-20)12-16-8-6-5-7-9-16/h5-9,14-15H,10-13,19H2,1-4H3. The molecule has 0 bridgehead atoms. The molecule has 2 unspecified atom stereocenters. The maximum atomic E-state index is 12.5. The molecule has 22 heavy (non-hydrogen) atoms. The summed E-state index contributed by atoms with van der Waals surface area (Å²) >= 11 is 0. The molecule has 1 aromatic rings. The quantitative estimate of drug-likeness (QED) is 0.926. The fourth-order valence-electron chi connectivity index (χ4n) is 2.99. The van der Waals surface area contributed by atoms with Crippen LogP contribution in [0.2, 0.25) is 0 Å². The lowest BCUT2D eigenvalue weighted by Crippen LogP contribution is -2.61. The van der Waals surface area contributed by atoms with Crippen LogP contribution in [0.25, 0.3) is 0 Å². The highest BCUT2D eigenvalue weighted by atomic mass is 16.2. The fraction of sp³-hybridized carbons (Fsp3) is 0.611. The summed E-state index contributed by atoms with van der Waals surface area (Å²) in [4.78, 5) is 17.0. The van der Waals surface area contributed by atoms with Gasteiger partial charge in [-0.05, 0) is 26.3 Å². The molecule has 0 aliphatic carbocycles. The third-order valence-corrected chi connectivity index (χ3v) is 4.78. The van der Waals surface area contributed by atoms with Crippen molar-refractivity contribution in [3.63, 3.8) is 0 Å². The molecule has 0 saturated carbocycles. The van der Waals surface area contributed by atoms with Crippen molar-refractivity contribution in [2.24, 2.45) is 11.7 Å². The normalized spacial score (nSPS) is 21.4. The zero-order valence-electron chi connectivity index (χ0n) is 14.2. The van der Waals surface area contributed by atoms with Crippen LogP contribution < -0.4 is 5.73 Å². The predicted molar refractivity (Wildman–Crippen MR) is 90.3 cm³/mol. The summed E-state index contributed by atoms with van der Waals surface area (Å²) in [5.74, 6) is 0.0684. The number of benzene rings is 1. The minimum Gasteiger partial charge on any atom is -0.339 e. The first-order valence-electron chi connectivity index (χ1n) is 8.14. The Morgan fingerprint density at radius 1 is 1.23 bits per heavy atom. The summed E-state index contributed by atoms with van der Waals surface area (Å²) in [5.41, 5.74) is 7.17. The largest absolute Gasteiger partial charge is 0.339 e. The Morgan fingerprint density at radius 2 is 1.86 bits per heavy atom. The van der Waals surface area contributed by atoms with E-state index in [-0.39, 0.29) is 23.4 Å². The Hall–Kier alpha value is -1.39. The SMILES string of the molecule is CC(N)C(C)C(=O)N1CCN(Cc2ccccc2)C(C)(C)C1. The van der Waals surface area contributed by atoms with Gasteiger partial charge in [-0.2, -0.15) is 0 Å². The van der Waals surface area contributed by atoms with E-state index in [1.165, 1.54) is 5.56 Å². The molecule has 2 N–H and O–H groups in total. The van der Waals surface area contributed by atoms with Crippen LogP contribution in [0, 0.1) is 5.92 Å². The fourth-order valence-corrected chi connectivity index (χ4v) is 2.99. The molecule has 0 aromatic heterocycles. The second kappa shape index (κ2) is 6.80. The Bertz CT molecular complexity index is 498. The van der Waals surface area contributed by atoms with E-state index >= 15 is 0 Å². The van der Waals surface area contributed by atoms with Crippen molar-refractivity contribution in [1.82, 2.24) is 9.80 Å². The van der Waals surface area contributed by atoms with E-state index in [9.17, 15) is 4.79 Å². The zero-order chi connectivity index (χ0) is 16.3. The molecule has 1 saturated heterocycles. The van der Waals surface area contributed by atoms with Gasteiger partial charge in [0.15, 0.2) is 0 Å². The highest BCUT2D eigenvalue weighted by Gasteiger charge is 2.36. The third kappa shape index (κ3) is 3.87. The van der Waals surface area contributed by atoms with Crippen molar-refractivity contribution in [3.8, 4) is 0 Å². The molecule has 0 spiro atoms. The molecule has 1 heterocycles. The Balaban J connectivity index is 2.02. The van der Waals surface area contributed by atoms with Gasteiger partial charge in [0, 0.05) is 37.8 Å². The average Bonchev–Trinajstić information content (AvgIpc) is 2.48. The minimum atomic E-state index is -0.114. The van der Waals surface area contributed by atoms with Crippen LogP contribution in [0.15, 0.2) is 30.3 Å². The minimum absolute atomic E-state index is 0.0265. The highest BCUT2D eigenvalue weighted by Crippen LogP contribution is 2.24. The number of piperazine rings is 1. The van der Waals surface area contributed by atoms with E-state index in [1.807, 2.05) is 24.8 Å². The summed E-state index contributed by atoms with van der Waals surface area (Å²) in [6, 6.07) is 10.4. The van der Waals surface area contributed by atoms with E-state index < -0.39 is 0 Å². The lowest BCUT2D eigenvalue weighted by molar-refractivity contribution is -0.140. The van der Waals surface area contributed by atoms with Gasteiger partial charge in [0.1, 0.15) is 0 Å². The summed E-state index contributed by atoms with van der Waals surface area (Å²) in [5, 5.41) is 0. The number of nitrogens with zero attached hydrogens (tertiary/aromatic N) is 2. The molecule has 2 rings (SSSR count). The molecule has 1 amide bonds. The van der Waals surface area contributed by atoms with E-state index in [2.05, 4.69) is 43.0 Å². The smallest absolute Gasteiger partial charge is 0.227 e. The van der Waals surface area contributed by atoms with Crippen LogP contribution in [-0.4, -0.2) is 46.9 Å². The van der Waals surface area contributed by atoms with Gasteiger partial charge in [0.25, 0.3) is 0 Å². The lowest BCUT2D eigenvalue weighted by Gasteiger charge is -2.48. The molecule has 2 atom stereocenters. The number of carbonyl (C=O) groups excluding carboxylic acids is 1. The maximum absolute atomic E-state index is 12.5. The van der Waals surface area contributed by atoms with Crippen LogP contribution in [0.1, 0.15) is 33.3 Å². The van der Waals surface area contributed by atoms with E-state index in [0.717, 1.165) is 26.2 Å². The summed E-state index contributed by atoms with van der Waals surface area (Å²) in [6.45, 7) is 11.6. The van der Waals surface area contributed by atoms with E-state index in [1.54, 1.807) is 0 Å². The molecular weight excluding hydrogens is 274 g/mol. The average molecular weight is 303 g/mol. The van der Waals surface area contributed by atoms with Crippen LogP contribution >= 0.6 is 0 Å². The lowest BCUT2D eigenvalue weighted by atomic mass is 9.95. The first-order valence-corrected chi connectivity index (χ1v) is 8.14. The van der Waals surface area contributed by atoms with Crippen molar-refractivity contribution in [1.29, 1.82) is 0 Å². The van der Waals surface area contributed by atoms with Gasteiger partial charge in [0.05, 0.1) is 5.92 Å². The van der Waals surface area contributed by atoms with Gasteiger partial charge < -0.3 is 10.6 Å². The molecule has 1 aliphatic heterocycles. The first-order chi connectivity index (χ1) is 10.3. The monoisotopic (exact) mass is 303 g/mol. The van der Waals surface area contributed by atoms with Gasteiger partial charge >= 0.3 is 0 Å². The zero-order valence-corrected chi connectivity index (χ0v) is 14.2. The predicted octanol–water partition coefficient (Wildman–Crippen LogP) is 2.09. The number of rotatable bonds is 4. The summed E-state index contributed by atoms with van der Waals surface area (Å²) < 4.78 is 0. The molecule has 1 aliphatic rings. The Morgan fingerprint density at radius 3 is 2.41 bits per heavy atom. The van der Waals surface area contributed by atoms with Gasteiger partial charge in [0.2, 0.25) is 5.91 Å². The van der Waals surface area contributed by atoms with Crippen molar-refractivity contribution in [2.45, 2.75) is 45.8 Å². The Labute approximate surface area is 134 Å². The van der Waals surface area contributed by atoms with Gasteiger partial charge in [-0.1, -0.05) is 37.3 Å². The molecule has 4 nitrogen and oxygen atoms in total. The van der Waals surface area contributed by atoms with Crippen molar-refractivity contribution in [3.05, 3.63) is 35.9 Å². The molecule has 4 heteroatoms. The summed E-state index contributed by atoms with van der Waals surface area (Å²) in [6.07, 6.45) is 0. The van der Waals surface area contributed by atoms with Crippen molar-refractivity contribution < 1.29 is 4.79 Å². The molecule has 0 radical (unpaired) electrons. The van der Waals surface area contributed by atoms with Gasteiger partial charge in [-0.25, -0.2) is 0 Å². The molecule has 1 fully saturated rings. The second-order valence-corrected chi connectivity index (χ2v) is 7.13. The third-order valence-electron chi connectivity index (χ3n) is 4.78. The number of nitrogens with two attached hydrogens (primary N) is 1. The van der Waals surface area contributed by atoms with Crippen LogP contribution in [0.3, 0.4) is 0 Å². The molecular formula is C18H29N3O. The van der Waals surface area contributed by atoms with Crippen LogP contribution in [-0.2, 0) is 11.3 Å². The van der Waals surface area contributed by atoms with Crippen LogP contribution in [0.4, 0.5) is 0 Å². The maximum Gasteiger partial charge on any atom is 0.227 e. The Kier molecular flexibility index (Phi) is 5.24. The highest BCUT2D eigenvalue weighted by molar-refractivity contribution is 5.79. The second-order valence-electron chi connectivity index (χ2n) is 7.13. The van der Waals surface area contributed by atoms with Gasteiger partial charge in [-0.3, -0.25) is 9.69 Å². The number of hydrogen-bond donors (Lipinski definition) is 1. The van der Waals surface area contributed by atoms with Crippen LogP contribution in [0.5, 0.6) is 0 Å². The topological polar surface area (TPSA) is 49.6 Å². The van der Waals surface area contributed by atoms with Crippen molar-refractivity contribution >= 4 is 5.91 Å². The number of hydrogen-bond acceptors (Lipinski definition) is 3. The molecule has 1 aromatic carbocycles. The number of amides is 1.